The van der Waals surface area contributed by atoms with Gasteiger partial charge in [-0.1, -0.05) is 37.3 Å². The maximum absolute atomic E-state index is 10.8. The molecule has 0 aromatic heterocycles. The van der Waals surface area contributed by atoms with E-state index in [9.17, 15) is 4.79 Å². The molecule has 1 saturated heterocycles. The molecule has 1 aliphatic heterocycles. The van der Waals surface area contributed by atoms with Crippen molar-refractivity contribution < 1.29 is 9.90 Å². The molecule has 1 heterocycles. The third-order valence-corrected chi connectivity index (χ3v) is 3.54. The lowest BCUT2D eigenvalue weighted by Crippen LogP contribution is -2.49. The third kappa shape index (κ3) is 3.23. The average molecular weight is 248 g/mol. The van der Waals surface area contributed by atoms with Crippen LogP contribution in [0.3, 0.4) is 0 Å². The Labute approximate surface area is 108 Å². The van der Waals surface area contributed by atoms with Gasteiger partial charge in [0.05, 0.1) is 0 Å². The first-order valence-corrected chi connectivity index (χ1v) is 6.42. The summed E-state index contributed by atoms with van der Waals surface area (Å²) in [6.45, 7) is 6.14. The Hall–Kier alpha value is -1.55. The van der Waals surface area contributed by atoms with Crippen molar-refractivity contribution in [3.05, 3.63) is 35.9 Å². The lowest BCUT2D eigenvalue weighted by molar-refractivity contribution is 0.103. The van der Waals surface area contributed by atoms with E-state index < -0.39 is 6.09 Å². The van der Waals surface area contributed by atoms with Crippen molar-refractivity contribution in [3.8, 4) is 0 Å². The molecular formula is C14H20N2O2. The van der Waals surface area contributed by atoms with Crippen LogP contribution < -0.4 is 0 Å². The van der Waals surface area contributed by atoms with E-state index >= 15 is 0 Å². The number of piperazine rings is 1. The molecule has 1 aromatic carbocycles. The van der Waals surface area contributed by atoms with Crippen molar-refractivity contribution in [2.24, 2.45) is 0 Å². The molecule has 0 spiro atoms. The van der Waals surface area contributed by atoms with Crippen LogP contribution >= 0.6 is 0 Å². The normalized spacial score (nSPS) is 18.6. The van der Waals surface area contributed by atoms with Gasteiger partial charge in [-0.3, -0.25) is 4.90 Å². The molecular weight excluding hydrogens is 228 g/mol. The minimum Gasteiger partial charge on any atom is -0.465 e. The summed E-state index contributed by atoms with van der Waals surface area (Å²) in [7, 11) is 0. The van der Waals surface area contributed by atoms with Gasteiger partial charge in [0.15, 0.2) is 0 Å². The summed E-state index contributed by atoms with van der Waals surface area (Å²) in [6.07, 6.45) is -0.800. The second-order valence-corrected chi connectivity index (χ2v) is 4.88. The molecule has 4 nitrogen and oxygen atoms in total. The topological polar surface area (TPSA) is 43.8 Å². The fourth-order valence-corrected chi connectivity index (χ4v) is 2.40. The molecule has 18 heavy (non-hydrogen) atoms. The van der Waals surface area contributed by atoms with Crippen LogP contribution in [0.2, 0.25) is 0 Å². The van der Waals surface area contributed by atoms with E-state index in [2.05, 4.69) is 36.1 Å². The highest BCUT2D eigenvalue weighted by atomic mass is 16.4. The number of hydrogen-bond acceptors (Lipinski definition) is 2. The highest BCUT2D eigenvalue weighted by Gasteiger charge is 2.21. The predicted octanol–water partition coefficient (Wildman–Crippen LogP) is 2.09. The largest absolute Gasteiger partial charge is 0.465 e. The maximum Gasteiger partial charge on any atom is 0.407 e. The number of rotatable bonds is 3. The Morgan fingerprint density at radius 2 is 1.83 bits per heavy atom. The smallest absolute Gasteiger partial charge is 0.407 e. The first-order chi connectivity index (χ1) is 8.66. The summed E-state index contributed by atoms with van der Waals surface area (Å²) in [5, 5.41) is 8.89. The Bertz CT molecular complexity index is 386. The van der Waals surface area contributed by atoms with Crippen LogP contribution in [0.5, 0.6) is 0 Å². The van der Waals surface area contributed by atoms with E-state index in [-0.39, 0.29) is 0 Å². The van der Waals surface area contributed by atoms with Gasteiger partial charge >= 0.3 is 6.09 Å². The number of nitrogens with zero attached hydrogens (tertiary/aromatic N) is 2. The van der Waals surface area contributed by atoms with Gasteiger partial charge < -0.3 is 10.0 Å². The first-order valence-electron chi connectivity index (χ1n) is 6.42. The lowest BCUT2D eigenvalue weighted by Gasteiger charge is -2.34. The van der Waals surface area contributed by atoms with Crippen molar-refractivity contribution in [1.29, 1.82) is 0 Å². The van der Waals surface area contributed by atoms with Crippen LogP contribution in [-0.2, 0) is 0 Å². The first kappa shape index (κ1) is 12.9. The minimum absolute atomic E-state index is 0.488. The van der Waals surface area contributed by atoms with Crippen molar-refractivity contribution in [2.45, 2.75) is 12.8 Å². The zero-order chi connectivity index (χ0) is 13.0. The Morgan fingerprint density at radius 3 is 2.39 bits per heavy atom. The minimum atomic E-state index is -0.800. The summed E-state index contributed by atoms with van der Waals surface area (Å²) in [5.41, 5.74) is 1.35. The Kier molecular flexibility index (Phi) is 4.20. The van der Waals surface area contributed by atoms with Gasteiger partial charge in [0.1, 0.15) is 0 Å². The lowest BCUT2D eigenvalue weighted by atomic mass is 10.0. The second-order valence-electron chi connectivity index (χ2n) is 4.88. The molecule has 0 aliphatic carbocycles. The monoisotopic (exact) mass is 248 g/mol. The van der Waals surface area contributed by atoms with Gasteiger partial charge in [0, 0.05) is 32.7 Å². The molecule has 1 N–H and O–H groups in total. The van der Waals surface area contributed by atoms with Gasteiger partial charge in [0.25, 0.3) is 0 Å². The Balaban J connectivity index is 1.83. The zero-order valence-corrected chi connectivity index (χ0v) is 10.7. The van der Waals surface area contributed by atoms with Crippen molar-refractivity contribution in [2.75, 3.05) is 32.7 Å². The van der Waals surface area contributed by atoms with Crippen LogP contribution in [0.15, 0.2) is 30.3 Å². The summed E-state index contributed by atoms with van der Waals surface area (Å²) in [5.74, 6) is 0.488. The Morgan fingerprint density at radius 1 is 1.22 bits per heavy atom. The van der Waals surface area contributed by atoms with Crippen LogP contribution in [0.4, 0.5) is 4.79 Å². The van der Waals surface area contributed by atoms with E-state index in [4.69, 9.17) is 5.11 Å². The average Bonchev–Trinajstić information content (AvgIpc) is 2.40. The third-order valence-electron chi connectivity index (χ3n) is 3.54. The van der Waals surface area contributed by atoms with Gasteiger partial charge in [-0.2, -0.15) is 0 Å². The molecule has 0 saturated carbocycles. The molecule has 1 fully saturated rings. The van der Waals surface area contributed by atoms with Gasteiger partial charge in [-0.05, 0) is 11.5 Å². The number of benzene rings is 1. The van der Waals surface area contributed by atoms with Crippen LogP contribution in [0.25, 0.3) is 0 Å². The highest BCUT2D eigenvalue weighted by Crippen LogP contribution is 2.16. The number of amides is 1. The molecule has 0 radical (unpaired) electrons. The molecule has 4 heteroatoms. The summed E-state index contributed by atoms with van der Waals surface area (Å²) in [4.78, 5) is 14.6. The maximum atomic E-state index is 10.8. The van der Waals surface area contributed by atoms with Crippen molar-refractivity contribution in [1.82, 2.24) is 9.80 Å². The molecule has 98 valence electrons. The highest BCUT2D eigenvalue weighted by molar-refractivity contribution is 5.65. The quantitative estimate of drug-likeness (QED) is 0.890. The summed E-state index contributed by atoms with van der Waals surface area (Å²) >= 11 is 0. The van der Waals surface area contributed by atoms with Gasteiger partial charge in [-0.25, -0.2) is 4.79 Å². The molecule has 1 atom stereocenters. The van der Waals surface area contributed by atoms with E-state index in [1.165, 1.54) is 10.5 Å². The fourth-order valence-electron chi connectivity index (χ4n) is 2.40. The van der Waals surface area contributed by atoms with Crippen molar-refractivity contribution >= 4 is 6.09 Å². The van der Waals surface area contributed by atoms with Gasteiger partial charge in [-0.15, -0.1) is 0 Å². The van der Waals surface area contributed by atoms with E-state index in [1.54, 1.807) is 0 Å². The van der Waals surface area contributed by atoms with E-state index in [0.717, 1.165) is 19.6 Å². The SMILES string of the molecule is CC(CN1CCN(C(=O)O)CC1)c1ccccc1. The van der Waals surface area contributed by atoms with E-state index in [0.29, 0.717) is 19.0 Å². The van der Waals surface area contributed by atoms with Crippen LogP contribution in [0, 0.1) is 0 Å². The number of hydrogen-bond donors (Lipinski definition) is 1. The van der Waals surface area contributed by atoms with Gasteiger partial charge in [0.2, 0.25) is 0 Å². The van der Waals surface area contributed by atoms with Crippen molar-refractivity contribution in [3.63, 3.8) is 0 Å². The second kappa shape index (κ2) is 5.87. The standard InChI is InChI=1S/C14H20N2O2/c1-12(13-5-3-2-4-6-13)11-15-7-9-16(10-8-15)14(17)18/h2-6,12H,7-11H2,1H3,(H,17,18). The number of carbonyl (C=O) groups is 1. The molecule has 1 aromatic rings. The van der Waals surface area contributed by atoms with Crippen LogP contribution in [0.1, 0.15) is 18.4 Å². The molecule has 1 amide bonds. The molecule has 2 rings (SSSR count). The zero-order valence-electron chi connectivity index (χ0n) is 10.7. The number of carboxylic acid groups (broad SMARTS) is 1. The van der Waals surface area contributed by atoms with Crippen LogP contribution in [-0.4, -0.2) is 53.7 Å². The summed E-state index contributed by atoms with van der Waals surface area (Å²) < 4.78 is 0. The fraction of sp³-hybridized carbons (Fsp3) is 0.500. The summed E-state index contributed by atoms with van der Waals surface area (Å²) in [6, 6.07) is 10.5. The molecule has 0 bridgehead atoms. The predicted molar refractivity (Wildman–Crippen MR) is 70.9 cm³/mol. The van der Waals surface area contributed by atoms with E-state index in [1.807, 2.05) is 6.07 Å². The molecule has 1 aliphatic rings. The molecule has 1 unspecified atom stereocenters.